The summed E-state index contributed by atoms with van der Waals surface area (Å²) in [7, 11) is 1.51. The van der Waals surface area contributed by atoms with E-state index >= 15 is 0 Å². The van der Waals surface area contributed by atoms with E-state index in [4.69, 9.17) is 4.84 Å². The van der Waals surface area contributed by atoms with Crippen LogP contribution in [0.15, 0.2) is 55.0 Å². The predicted molar refractivity (Wildman–Crippen MR) is 139 cm³/mol. The van der Waals surface area contributed by atoms with Crippen LogP contribution < -0.4 is 14.9 Å². The number of amides is 1. The third kappa shape index (κ3) is 7.78. The first-order valence-electron chi connectivity index (χ1n) is 13.1. The van der Waals surface area contributed by atoms with Crippen molar-refractivity contribution in [2.24, 2.45) is 0 Å². The molecule has 1 saturated heterocycles. The van der Waals surface area contributed by atoms with Gasteiger partial charge in [0.25, 0.3) is 5.92 Å². The lowest BCUT2D eigenvalue weighted by molar-refractivity contribution is -0.885. The van der Waals surface area contributed by atoms with Gasteiger partial charge < -0.3 is 9.88 Å². The lowest BCUT2D eigenvalue weighted by Gasteiger charge is -2.40. The van der Waals surface area contributed by atoms with Crippen LogP contribution >= 0.6 is 0 Å². The molecule has 2 unspecified atom stereocenters. The van der Waals surface area contributed by atoms with E-state index in [0.717, 1.165) is 31.3 Å². The number of pyridine rings is 1. The van der Waals surface area contributed by atoms with E-state index in [1.54, 1.807) is 31.5 Å². The van der Waals surface area contributed by atoms with Gasteiger partial charge in [0.2, 0.25) is 18.3 Å². The molecule has 4 heterocycles. The first-order chi connectivity index (χ1) is 18.7. The number of aryl methyl sites for hydroxylation is 2. The average Bonchev–Trinajstić information content (AvgIpc) is 3.52. The van der Waals surface area contributed by atoms with E-state index in [-0.39, 0.29) is 25.4 Å². The minimum Gasteiger partial charge on any atom is -0.333 e. The zero-order valence-electron chi connectivity index (χ0n) is 22.7. The second-order valence-electron chi connectivity index (χ2n) is 9.18. The molecule has 1 aromatic carbocycles. The van der Waals surface area contributed by atoms with Crippen molar-refractivity contribution < 1.29 is 31.9 Å². The third-order valence-electron chi connectivity index (χ3n) is 6.72. The van der Waals surface area contributed by atoms with E-state index < -0.39 is 29.5 Å². The van der Waals surface area contributed by atoms with Crippen molar-refractivity contribution in [3.05, 3.63) is 78.0 Å². The molecule has 0 spiro atoms. The number of rotatable bonds is 5. The zero-order chi connectivity index (χ0) is 28.6. The fraction of sp³-hybridized carbons (Fsp3) is 0.464. The lowest BCUT2D eigenvalue weighted by atomic mass is 9.87. The van der Waals surface area contributed by atoms with Crippen molar-refractivity contribution in [3.8, 4) is 0 Å². The highest BCUT2D eigenvalue weighted by atomic mass is 19.3. The molecule has 0 saturated carbocycles. The van der Waals surface area contributed by atoms with Crippen molar-refractivity contribution in [2.45, 2.75) is 64.5 Å². The molecular weight excluding hydrogens is 514 g/mol. The maximum atomic E-state index is 14.6. The number of fused-ring (bicyclic) bond motifs is 1. The van der Waals surface area contributed by atoms with Gasteiger partial charge in [0.05, 0.1) is 12.0 Å². The summed E-state index contributed by atoms with van der Waals surface area (Å²) in [6, 6.07) is 7.31. The summed E-state index contributed by atoms with van der Waals surface area (Å²) in [4.78, 5) is 24.0. The van der Waals surface area contributed by atoms with Gasteiger partial charge in [0.15, 0.2) is 5.82 Å². The molecule has 5 rings (SSSR count). The summed E-state index contributed by atoms with van der Waals surface area (Å²) >= 11 is 0. The van der Waals surface area contributed by atoms with E-state index in [0.29, 0.717) is 11.4 Å². The molecular formula is C28H36F4N5O2+. The summed E-state index contributed by atoms with van der Waals surface area (Å²) in [6.45, 7) is 6.95. The number of hydrogen-bond donors (Lipinski definition) is 1. The Bertz CT molecular complexity index is 1180. The Kier molecular flexibility index (Phi) is 10.4. The number of piperidine rings is 1. The van der Waals surface area contributed by atoms with Crippen molar-refractivity contribution in [3.63, 3.8) is 0 Å². The normalized spacial score (nSPS) is 18.5. The monoisotopic (exact) mass is 550 g/mol. The van der Waals surface area contributed by atoms with Crippen LogP contribution in [0.2, 0.25) is 0 Å². The Balaban J connectivity index is 0.000000357. The van der Waals surface area contributed by atoms with Gasteiger partial charge in [-0.25, -0.2) is 22.5 Å². The molecule has 2 aliphatic rings. The first kappa shape index (κ1) is 30.1. The van der Waals surface area contributed by atoms with Gasteiger partial charge in [-0.1, -0.05) is 19.9 Å². The van der Waals surface area contributed by atoms with Crippen LogP contribution in [0.4, 0.5) is 23.4 Å². The Morgan fingerprint density at radius 3 is 2.38 bits per heavy atom. The molecule has 7 nitrogen and oxygen atoms in total. The summed E-state index contributed by atoms with van der Waals surface area (Å²) in [5.74, 6) is -3.59. The van der Waals surface area contributed by atoms with Gasteiger partial charge in [0.1, 0.15) is 24.6 Å². The lowest BCUT2D eigenvalue weighted by Crippen LogP contribution is -2.52. The Morgan fingerprint density at radius 2 is 1.82 bits per heavy atom. The number of carbonyl (C=O) groups excluding carboxylic acids is 1. The molecule has 1 fully saturated rings. The number of halogens is 4. The number of hydrogen-bond acceptors (Lipinski definition) is 4. The molecule has 39 heavy (non-hydrogen) atoms. The highest BCUT2D eigenvalue weighted by molar-refractivity contribution is 5.93. The number of imidazole rings is 1. The van der Waals surface area contributed by atoms with Crippen LogP contribution in [0.3, 0.4) is 0 Å². The minimum absolute atomic E-state index is 0.109. The summed E-state index contributed by atoms with van der Waals surface area (Å²) in [5, 5.41) is 2.84. The average molecular weight is 551 g/mol. The van der Waals surface area contributed by atoms with Crippen LogP contribution in [0.25, 0.3) is 0 Å². The topological polar surface area (TPSA) is 63.3 Å². The fourth-order valence-electron chi connectivity index (χ4n) is 4.58. The van der Waals surface area contributed by atoms with Crippen molar-refractivity contribution in [1.29, 1.82) is 0 Å². The number of carbonyl (C=O) groups is 1. The number of nitrogens with one attached hydrogen (secondary N) is 1. The minimum atomic E-state index is -2.82. The van der Waals surface area contributed by atoms with E-state index in [2.05, 4.69) is 10.3 Å². The highest BCUT2D eigenvalue weighted by Crippen LogP contribution is 2.40. The molecule has 11 heteroatoms. The molecule has 212 valence electrons. The Morgan fingerprint density at radius 1 is 1.15 bits per heavy atom. The first-order valence-corrected chi connectivity index (χ1v) is 13.1. The van der Waals surface area contributed by atoms with Crippen LogP contribution in [0.5, 0.6) is 0 Å². The van der Waals surface area contributed by atoms with Gasteiger partial charge in [0, 0.05) is 61.6 Å². The molecule has 0 radical (unpaired) electrons. The number of nitrogens with zero attached hydrogens (tertiary/aromatic N) is 4. The number of benzene rings is 1. The smallest absolute Gasteiger partial charge is 0.257 e. The van der Waals surface area contributed by atoms with E-state index in [1.807, 2.05) is 29.5 Å². The molecule has 2 aliphatic heterocycles. The molecule has 0 bridgehead atoms. The van der Waals surface area contributed by atoms with Crippen molar-refractivity contribution in [2.75, 3.05) is 25.5 Å². The number of aromatic nitrogens is 3. The molecule has 3 aromatic rings. The molecule has 2 atom stereocenters. The summed E-state index contributed by atoms with van der Waals surface area (Å²) < 4.78 is 56.6. The van der Waals surface area contributed by atoms with E-state index in [9.17, 15) is 22.4 Å². The second-order valence-corrected chi connectivity index (χ2v) is 9.18. The zero-order valence-corrected chi connectivity index (χ0v) is 22.7. The Labute approximate surface area is 226 Å². The predicted octanol–water partition coefficient (Wildman–Crippen LogP) is 4.62. The van der Waals surface area contributed by atoms with Gasteiger partial charge in [-0.3, -0.25) is 14.5 Å². The Hall–Kier alpha value is -3.47. The van der Waals surface area contributed by atoms with Crippen LogP contribution in [-0.2, 0) is 17.8 Å². The van der Waals surface area contributed by atoms with Gasteiger partial charge in [-0.05, 0) is 31.0 Å². The SMILES string of the molecule is CC.CO[n+]1ccc(C2CN(C(C)C(=O)Nc3cn4c(n3)CCC4)CCC2(F)F)cc1.Fc1cccc(F)c1. The molecule has 1 N–H and O–H groups in total. The van der Waals surface area contributed by atoms with Crippen LogP contribution in [0, 0.1) is 11.6 Å². The van der Waals surface area contributed by atoms with Crippen LogP contribution in [0.1, 0.15) is 50.9 Å². The molecule has 2 aromatic heterocycles. The van der Waals surface area contributed by atoms with Gasteiger partial charge >= 0.3 is 0 Å². The summed E-state index contributed by atoms with van der Waals surface area (Å²) in [6.07, 6.45) is 6.76. The standard InChI is InChI=1S/C20H25F2N5O2.C6H4F2.C2H6/c1-14(19(28)24-17-13-26-8-3-4-18(26)23-17)25-11-7-20(21,22)16(12-25)15-5-9-27(29-2)10-6-15;7-5-2-1-3-6(8)4-5;1-2/h5-6,9-10,13-14,16H,3-4,7-8,11-12H2,1-2H3;1-4H;1-2H3/p+1. The maximum Gasteiger partial charge on any atom is 0.257 e. The van der Waals surface area contributed by atoms with Crippen molar-refractivity contribution >= 4 is 11.7 Å². The van der Waals surface area contributed by atoms with Gasteiger partial charge in [-0.15, -0.1) is 0 Å². The van der Waals surface area contributed by atoms with E-state index in [1.165, 1.54) is 30.0 Å². The maximum absolute atomic E-state index is 14.6. The quantitative estimate of drug-likeness (QED) is 0.372. The number of alkyl halides is 2. The van der Waals surface area contributed by atoms with Crippen molar-refractivity contribution in [1.82, 2.24) is 14.5 Å². The number of anilines is 1. The van der Waals surface area contributed by atoms with Crippen LogP contribution in [-0.4, -0.2) is 52.5 Å². The second kappa shape index (κ2) is 13.5. The van der Waals surface area contributed by atoms with Gasteiger partial charge in [-0.2, -0.15) is 0 Å². The third-order valence-corrected chi connectivity index (χ3v) is 6.72. The number of likely N-dealkylation sites (tertiary alicyclic amines) is 1. The highest BCUT2D eigenvalue weighted by Gasteiger charge is 2.46. The fourth-order valence-corrected chi connectivity index (χ4v) is 4.58. The molecule has 1 amide bonds. The largest absolute Gasteiger partial charge is 0.333 e. The summed E-state index contributed by atoms with van der Waals surface area (Å²) in [5.41, 5.74) is 0.533. The molecule has 0 aliphatic carbocycles.